The summed E-state index contributed by atoms with van der Waals surface area (Å²) in [4.78, 5) is 2.77. The van der Waals surface area contributed by atoms with Gasteiger partial charge in [-0.05, 0) is 36.4 Å². The largest absolute Gasteiger partial charge is 0.273 e. The Morgan fingerprint density at radius 1 is 0.724 bits per heavy atom. The Balaban J connectivity index is 1.65. The summed E-state index contributed by atoms with van der Waals surface area (Å²) in [5, 5.41) is 2.11. The van der Waals surface area contributed by atoms with Gasteiger partial charge in [0.15, 0.2) is 0 Å². The summed E-state index contributed by atoms with van der Waals surface area (Å²) in [5.41, 5.74) is 3.30. The Morgan fingerprint density at radius 3 is 1.72 bits per heavy atom. The highest BCUT2D eigenvalue weighted by molar-refractivity contribution is 6.36. The molecule has 4 rings (SSSR count). The van der Waals surface area contributed by atoms with Crippen LogP contribution in [0.4, 0.5) is 4.39 Å². The van der Waals surface area contributed by atoms with Gasteiger partial charge in [0, 0.05) is 16.1 Å². The zero-order valence-corrected chi connectivity index (χ0v) is 18.0. The molecule has 0 aromatic heterocycles. The second-order valence-electron chi connectivity index (χ2n) is 7.49. The fourth-order valence-electron chi connectivity index (χ4n) is 4.20. The number of hydrogen-bond acceptors (Lipinski definition) is 0. The minimum atomic E-state index is -0.217. The van der Waals surface area contributed by atoms with E-state index in [1.54, 1.807) is 0 Å². The highest BCUT2D eigenvalue weighted by Crippen LogP contribution is 2.27. The van der Waals surface area contributed by atoms with E-state index in [2.05, 4.69) is 12.1 Å². The third kappa shape index (κ3) is 4.76. The Hall–Kier alpha value is -1.62. The fourth-order valence-corrected chi connectivity index (χ4v) is 4.94. The van der Waals surface area contributed by atoms with Crippen LogP contribution in [0.25, 0.3) is 0 Å². The maximum atomic E-state index is 13.3. The molecule has 3 aromatic carbocycles. The third-order valence-electron chi connectivity index (χ3n) is 5.56. The summed E-state index contributed by atoms with van der Waals surface area (Å²) in [6.45, 7) is 3.62. The number of halogens is 4. The van der Waals surface area contributed by atoms with E-state index in [0.717, 1.165) is 42.3 Å². The molecule has 3 unspecified atom stereocenters. The number of quaternary nitrogens is 2. The van der Waals surface area contributed by atoms with Gasteiger partial charge in [-0.15, -0.1) is 0 Å². The molecule has 3 aromatic rings. The van der Waals surface area contributed by atoms with Crippen molar-refractivity contribution >= 4 is 34.8 Å². The topological polar surface area (TPSA) is 8.88 Å². The first kappa shape index (κ1) is 20.6. The summed E-state index contributed by atoms with van der Waals surface area (Å²) < 4.78 is 13.3. The average molecular weight is 452 g/mol. The van der Waals surface area contributed by atoms with Crippen molar-refractivity contribution in [2.75, 3.05) is 13.1 Å². The van der Waals surface area contributed by atoms with Crippen molar-refractivity contribution in [1.29, 1.82) is 0 Å². The van der Waals surface area contributed by atoms with Crippen molar-refractivity contribution in [1.82, 2.24) is 0 Å². The zero-order valence-electron chi connectivity index (χ0n) is 15.8. The van der Waals surface area contributed by atoms with Crippen LogP contribution in [0.5, 0.6) is 0 Å². The Bertz CT molecular complexity index is 901. The van der Waals surface area contributed by atoms with Crippen LogP contribution < -0.4 is 9.80 Å². The Kier molecular flexibility index (Phi) is 6.43. The van der Waals surface area contributed by atoms with Gasteiger partial charge in [-0.3, -0.25) is 9.80 Å². The molecule has 2 N–H and O–H groups in total. The molecule has 1 fully saturated rings. The molecule has 1 heterocycles. The van der Waals surface area contributed by atoms with Gasteiger partial charge >= 0.3 is 0 Å². The van der Waals surface area contributed by atoms with Crippen LogP contribution in [-0.2, 0) is 13.1 Å². The first-order valence-corrected chi connectivity index (χ1v) is 10.8. The molecule has 0 amide bonds. The van der Waals surface area contributed by atoms with Gasteiger partial charge in [0.1, 0.15) is 37.6 Å². The van der Waals surface area contributed by atoms with Crippen molar-refractivity contribution in [3.8, 4) is 0 Å². The third-order valence-corrected chi connectivity index (χ3v) is 6.47. The van der Waals surface area contributed by atoms with E-state index in [-0.39, 0.29) is 12.0 Å². The van der Waals surface area contributed by atoms with Crippen molar-refractivity contribution < 1.29 is 14.2 Å². The molecule has 0 spiro atoms. The molecule has 150 valence electrons. The minimum Gasteiger partial charge on any atom is -0.273 e. The standard InChI is InChI=1S/C23H20Cl3FN2/c24-18-8-4-16(5-9-18)14-28-12-13-29(15-17-6-10-19(27)11-7-17)23(28)22-20(25)2-1-3-21(22)26/h1-11,23H,12-15H2/p+2. The van der Waals surface area contributed by atoms with Crippen molar-refractivity contribution in [3.05, 3.63) is 104 Å². The number of benzene rings is 3. The van der Waals surface area contributed by atoms with Crippen LogP contribution in [0.15, 0.2) is 66.7 Å². The second kappa shape index (κ2) is 9.03. The highest BCUT2D eigenvalue weighted by atomic mass is 35.5. The van der Waals surface area contributed by atoms with Crippen LogP contribution in [0.2, 0.25) is 15.1 Å². The lowest BCUT2D eigenvalue weighted by Gasteiger charge is -2.26. The predicted molar refractivity (Wildman–Crippen MR) is 116 cm³/mol. The fraction of sp³-hybridized carbons (Fsp3) is 0.217. The molecule has 3 atom stereocenters. The van der Waals surface area contributed by atoms with Crippen molar-refractivity contribution in [2.45, 2.75) is 19.3 Å². The van der Waals surface area contributed by atoms with Crippen LogP contribution in [0, 0.1) is 5.82 Å². The molecule has 1 saturated heterocycles. The van der Waals surface area contributed by atoms with Gasteiger partial charge in [0.2, 0.25) is 6.17 Å². The van der Waals surface area contributed by atoms with Gasteiger partial charge in [-0.1, -0.05) is 65.1 Å². The molecular weight excluding hydrogens is 430 g/mol. The molecule has 0 aliphatic carbocycles. The molecule has 0 radical (unpaired) electrons. The van der Waals surface area contributed by atoms with Gasteiger partial charge in [-0.2, -0.15) is 0 Å². The Labute approximate surface area is 185 Å². The molecule has 0 bridgehead atoms. The van der Waals surface area contributed by atoms with Gasteiger partial charge in [-0.25, -0.2) is 4.39 Å². The average Bonchev–Trinajstić information content (AvgIpc) is 3.07. The maximum absolute atomic E-state index is 13.3. The highest BCUT2D eigenvalue weighted by Gasteiger charge is 2.43. The van der Waals surface area contributed by atoms with E-state index in [0.29, 0.717) is 10.0 Å². The zero-order chi connectivity index (χ0) is 20.4. The normalized spacial score (nSPS) is 21.4. The number of hydrogen-bond donors (Lipinski definition) is 2. The van der Waals surface area contributed by atoms with Gasteiger partial charge in [0.05, 0.1) is 10.0 Å². The van der Waals surface area contributed by atoms with E-state index in [1.165, 1.54) is 27.5 Å². The molecule has 6 heteroatoms. The monoisotopic (exact) mass is 450 g/mol. The van der Waals surface area contributed by atoms with Gasteiger partial charge in [0.25, 0.3) is 0 Å². The lowest BCUT2D eigenvalue weighted by atomic mass is 10.1. The van der Waals surface area contributed by atoms with Crippen LogP contribution in [-0.4, -0.2) is 13.1 Å². The van der Waals surface area contributed by atoms with Crippen LogP contribution in [0.3, 0.4) is 0 Å². The SMILES string of the molecule is Fc1ccc(C[NH+]2CC[NH+](Cc3ccc(Cl)cc3)C2c2c(Cl)cccc2Cl)cc1. The van der Waals surface area contributed by atoms with Crippen molar-refractivity contribution in [3.63, 3.8) is 0 Å². The van der Waals surface area contributed by atoms with E-state index < -0.39 is 0 Å². The van der Waals surface area contributed by atoms with E-state index in [4.69, 9.17) is 34.8 Å². The molecule has 1 aliphatic rings. The lowest BCUT2D eigenvalue weighted by molar-refractivity contribution is -1.09. The second-order valence-corrected chi connectivity index (χ2v) is 8.74. The first-order valence-electron chi connectivity index (χ1n) is 9.63. The molecular formula is C23H22Cl3FN2+2. The van der Waals surface area contributed by atoms with E-state index in [1.807, 2.05) is 42.5 Å². The lowest BCUT2D eigenvalue weighted by Crippen LogP contribution is -3.22. The smallest absolute Gasteiger partial charge is 0.244 e. The Morgan fingerprint density at radius 2 is 1.21 bits per heavy atom. The molecule has 0 saturated carbocycles. The summed E-state index contributed by atoms with van der Waals surface area (Å²) in [6.07, 6.45) is 0.0944. The number of nitrogens with one attached hydrogen (secondary N) is 2. The summed E-state index contributed by atoms with van der Waals surface area (Å²) in [6, 6.07) is 20.4. The summed E-state index contributed by atoms with van der Waals surface area (Å²) >= 11 is 19.3. The van der Waals surface area contributed by atoms with Crippen molar-refractivity contribution in [2.24, 2.45) is 0 Å². The minimum absolute atomic E-state index is 0.0944. The summed E-state index contributed by atoms with van der Waals surface area (Å²) in [5.74, 6) is -0.217. The summed E-state index contributed by atoms with van der Waals surface area (Å²) in [7, 11) is 0. The number of rotatable bonds is 5. The quantitative estimate of drug-likeness (QED) is 0.581. The first-order chi connectivity index (χ1) is 14.0. The molecule has 1 aliphatic heterocycles. The molecule has 2 nitrogen and oxygen atoms in total. The molecule has 29 heavy (non-hydrogen) atoms. The van der Waals surface area contributed by atoms with E-state index in [9.17, 15) is 4.39 Å². The maximum Gasteiger partial charge on any atom is 0.244 e. The van der Waals surface area contributed by atoms with Crippen LogP contribution >= 0.6 is 34.8 Å². The van der Waals surface area contributed by atoms with Crippen LogP contribution in [0.1, 0.15) is 22.9 Å². The predicted octanol–water partition coefficient (Wildman–Crippen LogP) is 3.97. The van der Waals surface area contributed by atoms with E-state index >= 15 is 0 Å². The van der Waals surface area contributed by atoms with Gasteiger partial charge < -0.3 is 0 Å².